The molecule has 1 aromatic carbocycles. The van der Waals surface area contributed by atoms with Gasteiger partial charge in [-0.2, -0.15) is 0 Å². The van der Waals surface area contributed by atoms with Gasteiger partial charge in [0.2, 0.25) is 0 Å². The number of hydrogen-bond donors (Lipinski definition) is 0. The van der Waals surface area contributed by atoms with Crippen LogP contribution in [-0.4, -0.2) is 6.29 Å². The van der Waals surface area contributed by atoms with Crippen LogP contribution in [0.15, 0.2) is 24.3 Å². The van der Waals surface area contributed by atoms with Crippen LogP contribution in [0.5, 0.6) is 0 Å². The van der Waals surface area contributed by atoms with E-state index in [4.69, 9.17) is 0 Å². The summed E-state index contributed by atoms with van der Waals surface area (Å²) in [5.74, 6) is 0.666. The molecule has 0 radical (unpaired) electrons. The summed E-state index contributed by atoms with van der Waals surface area (Å²) in [4.78, 5) is 10.9. The average molecular weight is 186 g/mol. The highest BCUT2D eigenvalue weighted by atomic mass is 16.1. The van der Waals surface area contributed by atoms with E-state index >= 15 is 0 Å². The van der Waals surface area contributed by atoms with Crippen LogP contribution in [0.2, 0.25) is 0 Å². The standard InChI is InChI=1S/C13H14O/c14-9-13(5-6-13)8-11-7-10-3-1-2-4-12(10)11/h1-4,9,11H,5-8H2. The third-order valence-corrected chi connectivity index (χ3v) is 3.76. The first-order chi connectivity index (χ1) is 6.83. The molecule has 1 saturated carbocycles. The minimum atomic E-state index is 0.0815. The van der Waals surface area contributed by atoms with Crippen LogP contribution in [0, 0.1) is 5.41 Å². The molecular formula is C13H14O. The third-order valence-electron chi connectivity index (χ3n) is 3.76. The van der Waals surface area contributed by atoms with Crippen LogP contribution in [0.4, 0.5) is 0 Å². The first kappa shape index (κ1) is 8.22. The molecule has 0 aliphatic heterocycles. The molecule has 1 atom stereocenters. The summed E-state index contributed by atoms with van der Waals surface area (Å²) in [6.45, 7) is 0. The molecule has 1 unspecified atom stereocenters. The molecule has 2 aliphatic carbocycles. The molecule has 1 aromatic rings. The summed E-state index contributed by atoms with van der Waals surface area (Å²) < 4.78 is 0. The lowest BCUT2D eigenvalue weighted by atomic mass is 9.73. The van der Waals surface area contributed by atoms with Crippen molar-refractivity contribution in [2.45, 2.75) is 31.6 Å². The third kappa shape index (κ3) is 1.12. The van der Waals surface area contributed by atoms with E-state index in [1.165, 1.54) is 23.8 Å². The predicted octanol–water partition coefficient (Wildman–Crippen LogP) is 2.70. The Balaban J connectivity index is 1.77. The number of carbonyl (C=O) groups excluding carboxylic acids is 1. The van der Waals surface area contributed by atoms with Crippen molar-refractivity contribution in [3.63, 3.8) is 0 Å². The Morgan fingerprint density at radius 1 is 1.36 bits per heavy atom. The molecule has 0 saturated heterocycles. The van der Waals surface area contributed by atoms with Crippen LogP contribution in [0.25, 0.3) is 0 Å². The lowest BCUT2D eigenvalue weighted by Gasteiger charge is -2.31. The Bertz CT molecular complexity index is 377. The van der Waals surface area contributed by atoms with E-state index in [1.54, 1.807) is 0 Å². The van der Waals surface area contributed by atoms with Crippen molar-refractivity contribution in [2.24, 2.45) is 5.41 Å². The molecule has 1 fully saturated rings. The predicted molar refractivity (Wildman–Crippen MR) is 55.2 cm³/mol. The summed E-state index contributed by atoms with van der Waals surface area (Å²) in [5.41, 5.74) is 3.05. The topological polar surface area (TPSA) is 17.1 Å². The van der Waals surface area contributed by atoms with Gasteiger partial charge >= 0.3 is 0 Å². The fourth-order valence-electron chi connectivity index (χ4n) is 2.57. The van der Waals surface area contributed by atoms with E-state index in [0.29, 0.717) is 5.92 Å². The van der Waals surface area contributed by atoms with E-state index in [0.717, 1.165) is 19.3 Å². The first-order valence-corrected chi connectivity index (χ1v) is 5.37. The number of fused-ring (bicyclic) bond motifs is 1. The minimum absolute atomic E-state index is 0.0815. The molecule has 0 bridgehead atoms. The van der Waals surface area contributed by atoms with E-state index in [9.17, 15) is 4.79 Å². The maximum absolute atomic E-state index is 10.9. The summed E-state index contributed by atoms with van der Waals surface area (Å²) in [6, 6.07) is 8.61. The first-order valence-electron chi connectivity index (χ1n) is 5.37. The summed E-state index contributed by atoms with van der Waals surface area (Å²) in [5, 5.41) is 0. The molecule has 0 spiro atoms. The highest BCUT2D eigenvalue weighted by Gasteiger charge is 2.45. The number of carbonyl (C=O) groups is 1. The molecule has 1 nitrogen and oxygen atoms in total. The van der Waals surface area contributed by atoms with Crippen molar-refractivity contribution in [3.05, 3.63) is 35.4 Å². The van der Waals surface area contributed by atoms with Crippen molar-refractivity contribution < 1.29 is 4.79 Å². The van der Waals surface area contributed by atoms with Crippen LogP contribution in [0.3, 0.4) is 0 Å². The SMILES string of the molecule is O=CC1(CC2Cc3ccccc32)CC1. The van der Waals surface area contributed by atoms with E-state index in [1.807, 2.05) is 0 Å². The lowest BCUT2D eigenvalue weighted by molar-refractivity contribution is -0.112. The van der Waals surface area contributed by atoms with E-state index in [2.05, 4.69) is 24.3 Å². The monoisotopic (exact) mass is 186 g/mol. The van der Waals surface area contributed by atoms with Gasteiger partial charge in [-0.1, -0.05) is 24.3 Å². The zero-order chi connectivity index (χ0) is 9.60. The molecule has 14 heavy (non-hydrogen) atoms. The molecule has 3 rings (SSSR count). The Labute approximate surface area is 84.1 Å². The van der Waals surface area contributed by atoms with Crippen molar-refractivity contribution in [1.29, 1.82) is 0 Å². The van der Waals surface area contributed by atoms with Crippen molar-refractivity contribution in [1.82, 2.24) is 0 Å². The second-order valence-electron chi connectivity index (χ2n) is 4.78. The normalized spacial score (nSPS) is 26.1. The van der Waals surface area contributed by atoms with Gasteiger partial charge in [-0.15, -0.1) is 0 Å². The van der Waals surface area contributed by atoms with Crippen molar-refractivity contribution >= 4 is 6.29 Å². The maximum Gasteiger partial charge on any atom is 0.126 e. The Hall–Kier alpha value is -1.11. The van der Waals surface area contributed by atoms with Crippen LogP contribution >= 0.6 is 0 Å². The summed E-state index contributed by atoms with van der Waals surface area (Å²) in [6.07, 6.45) is 5.71. The largest absolute Gasteiger partial charge is 0.303 e. The Morgan fingerprint density at radius 2 is 2.14 bits per heavy atom. The highest BCUT2D eigenvalue weighted by molar-refractivity contribution is 5.64. The van der Waals surface area contributed by atoms with Crippen molar-refractivity contribution in [2.75, 3.05) is 0 Å². The summed E-state index contributed by atoms with van der Waals surface area (Å²) >= 11 is 0. The van der Waals surface area contributed by atoms with Crippen LogP contribution in [0.1, 0.15) is 36.3 Å². The lowest BCUT2D eigenvalue weighted by Crippen LogP contribution is -2.21. The van der Waals surface area contributed by atoms with Crippen molar-refractivity contribution in [3.8, 4) is 0 Å². The van der Waals surface area contributed by atoms with Gasteiger partial charge in [-0.3, -0.25) is 0 Å². The molecule has 0 N–H and O–H groups in total. The van der Waals surface area contributed by atoms with Gasteiger partial charge in [-0.05, 0) is 42.7 Å². The van der Waals surface area contributed by atoms with Gasteiger partial charge < -0.3 is 4.79 Å². The minimum Gasteiger partial charge on any atom is -0.303 e. The van der Waals surface area contributed by atoms with Gasteiger partial charge in [-0.25, -0.2) is 0 Å². The maximum atomic E-state index is 10.9. The Morgan fingerprint density at radius 3 is 2.79 bits per heavy atom. The average Bonchev–Trinajstić information content (AvgIpc) is 2.95. The van der Waals surface area contributed by atoms with Gasteiger partial charge in [0.25, 0.3) is 0 Å². The molecule has 0 aromatic heterocycles. The molecule has 0 amide bonds. The molecule has 72 valence electrons. The van der Waals surface area contributed by atoms with E-state index < -0.39 is 0 Å². The highest BCUT2D eigenvalue weighted by Crippen LogP contribution is 2.53. The number of benzene rings is 1. The number of rotatable bonds is 3. The second kappa shape index (κ2) is 2.69. The van der Waals surface area contributed by atoms with Crippen LogP contribution in [-0.2, 0) is 11.2 Å². The van der Waals surface area contributed by atoms with E-state index in [-0.39, 0.29) is 5.41 Å². The fraction of sp³-hybridized carbons (Fsp3) is 0.462. The summed E-state index contributed by atoms with van der Waals surface area (Å²) in [7, 11) is 0. The molecule has 2 aliphatic rings. The quantitative estimate of drug-likeness (QED) is 0.663. The zero-order valence-corrected chi connectivity index (χ0v) is 8.20. The number of hydrogen-bond acceptors (Lipinski definition) is 1. The van der Waals surface area contributed by atoms with Gasteiger partial charge in [0.05, 0.1) is 0 Å². The smallest absolute Gasteiger partial charge is 0.126 e. The molecular weight excluding hydrogens is 172 g/mol. The van der Waals surface area contributed by atoms with Gasteiger partial charge in [0, 0.05) is 5.41 Å². The molecule has 0 heterocycles. The van der Waals surface area contributed by atoms with Gasteiger partial charge in [0.15, 0.2) is 0 Å². The zero-order valence-electron chi connectivity index (χ0n) is 8.20. The molecule has 1 heteroatoms. The van der Waals surface area contributed by atoms with Crippen LogP contribution < -0.4 is 0 Å². The second-order valence-corrected chi connectivity index (χ2v) is 4.78. The van der Waals surface area contributed by atoms with Gasteiger partial charge in [0.1, 0.15) is 6.29 Å². The number of aldehydes is 1. The fourth-order valence-corrected chi connectivity index (χ4v) is 2.57. The Kier molecular flexibility index (Phi) is 1.58.